The first-order valence-corrected chi connectivity index (χ1v) is 9.01. The van der Waals surface area contributed by atoms with E-state index >= 15 is 0 Å². The van der Waals surface area contributed by atoms with Crippen molar-refractivity contribution in [3.8, 4) is 0 Å². The first-order chi connectivity index (χ1) is 11.2. The molecular formula is C17H18N4OS. The molecule has 2 aliphatic rings. The van der Waals surface area contributed by atoms with E-state index in [0.717, 1.165) is 46.3 Å². The third-order valence-corrected chi connectivity index (χ3v) is 5.05. The molecule has 0 fully saturated rings. The van der Waals surface area contributed by atoms with Gasteiger partial charge in [0.2, 0.25) is 11.1 Å². The summed E-state index contributed by atoms with van der Waals surface area (Å²) in [7, 11) is 0. The number of aromatic nitrogens is 3. The molecule has 6 heteroatoms. The highest BCUT2D eigenvalue weighted by Gasteiger charge is 2.37. The number of nitrogens with one attached hydrogen (secondary N) is 1. The van der Waals surface area contributed by atoms with Gasteiger partial charge in [-0.1, -0.05) is 36.0 Å². The Bertz CT molecular complexity index is 824. The van der Waals surface area contributed by atoms with Crippen LogP contribution in [0.5, 0.6) is 0 Å². The van der Waals surface area contributed by atoms with Crippen LogP contribution in [0.25, 0.3) is 0 Å². The molecule has 0 spiro atoms. The van der Waals surface area contributed by atoms with Crippen molar-refractivity contribution in [3.05, 3.63) is 46.7 Å². The van der Waals surface area contributed by atoms with Crippen LogP contribution in [-0.4, -0.2) is 26.8 Å². The summed E-state index contributed by atoms with van der Waals surface area (Å²) in [5.74, 6) is 0.954. The van der Waals surface area contributed by atoms with Gasteiger partial charge in [-0.3, -0.25) is 4.79 Å². The van der Waals surface area contributed by atoms with E-state index in [4.69, 9.17) is 0 Å². The first-order valence-electron chi connectivity index (χ1n) is 7.78. The number of thioether (sulfide) groups is 1. The highest BCUT2D eigenvalue weighted by Crippen LogP contribution is 2.41. The van der Waals surface area contributed by atoms with Crippen LogP contribution in [0.2, 0.25) is 0 Å². The van der Waals surface area contributed by atoms with E-state index in [2.05, 4.69) is 34.5 Å². The minimum atomic E-state index is -0.177. The molecule has 1 aromatic heterocycles. The summed E-state index contributed by atoms with van der Waals surface area (Å²) in [6.07, 6.45) is 4.37. The summed E-state index contributed by atoms with van der Waals surface area (Å²) in [5, 5.41) is 8.67. The molecule has 1 aliphatic heterocycles. The molecule has 2 aromatic rings. The van der Waals surface area contributed by atoms with Crippen molar-refractivity contribution in [2.75, 3.05) is 11.6 Å². The van der Waals surface area contributed by atoms with Crippen LogP contribution in [0, 0.1) is 6.92 Å². The fourth-order valence-electron chi connectivity index (χ4n) is 3.40. The summed E-state index contributed by atoms with van der Waals surface area (Å²) in [4.78, 5) is 17.2. The Kier molecular flexibility index (Phi) is 3.49. The Morgan fingerprint density at radius 3 is 2.91 bits per heavy atom. The largest absolute Gasteiger partial charge is 0.328 e. The molecule has 0 amide bonds. The number of hydrogen-bond donors (Lipinski definition) is 1. The SMILES string of the molecule is CSc1nc2n(n1)[C@@H](c1ccccc1C)C1=C(CCCC1=O)N2. The number of ketones is 1. The topological polar surface area (TPSA) is 59.8 Å². The van der Waals surface area contributed by atoms with Gasteiger partial charge in [0.05, 0.1) is 0 Å². The van der Waals surface area contributed by atoms with Crippen molar-refractivity contribution < 1.29 is 4.79 Å². The lowest BCUT2D eigenvalue weighted by molar-refractivity contribution is -0.116. The maximum absolute atomic E-state index is 12.6. The summed E-state index contributed by atoms with van der Waals surface area (Å²) < 4.78 is 1.87. The predicted octanol–water partition coefficient (Wildman–Crippen LogP) is 3.33. The van der Waals surface area contributed by atoms with E-state index in [1.165, 1.54) is 11.8 Å². The molecule has 1 aliphatic carbocycles. The quantitative estimate of drug-likeness (QED) is 0.858. The summed E-state index contributed by atoms with van der Waals surface area (Å²) in [5.41, 5.74) is 4.16. The van der Waals surface area contributed by atoms with Crippen molar-refractivity contribution in [2.45, 2.75) is 37.4 Å². The van der Waals surface area contributed by atoms with Crippen LogP contribution in [-0.2, 0) is 4.79 Å². The lowest BCUT2D eigenvalue weighted by Gasteiger charge is -2.32. The third kappa shape index (κ3) is 2.28. The minimum absolute atomic E-state index is 0.177. The molecule has 1 aromatic carbocycles. The fraction of sp³-hybridized carbons (Fsp3) is 0.353. The van der Waals surface area contributed by atoms with Crippen molar-refractivity contribution in [2.24, 2.45) is 0 Å². The Balaban J connectivity index is 1.95. The van der Waals surface area contributed by atoms with Crippen LogP contribution in [0.1, 0.15) is 36.4 Å². The van der Waals surface area contributed by atoms with Crippen molar-refractivity contribution in [1.29, 1.82) is 0 Å². The average Bonchev–Trinajstić information content (AvgIpc) is 2.97. The number of Topliss-reactive ketones (excluding diaryl/α,β-unsaturated/α-hetero) is 1. The molecule has 1 atom stereocenters. The van der Waals surface area contributed by atoms with E-state index < -0.39 is 0 Å². The zero-order valence-corrected chi connectivity index (χ0v) is 14.0. The van der Waals surface area contributed by atoms with Gasteiger partial charge in [0.15, 0.2) is 5.78 Å². The molecule has 0 bridgehead atoms. The molecule has 4 rings (SSSR count). The number of anilines is 1. The number of allylic oxidation sites excluding steroid dienone is 2. The number of carbonyl (C=O) groups excluding carboxylic acids is 1. The van der Waals surface area contributed by atoms with Gasteiger partial charge in [0.25, 0.3) is 0 Å². The predicted molar refractivity (Wildman–Crippen MR) is 90.6 cm³/mol. The van der Waals surface area contributed by atoms with Crippen LogP contribution >= 0.6 is 11.8 Å². The second kappa shape index (κ2) is 5.53. The number of rotatable bonds is 2. The van der Waals surface area contributed by atoms with Crippen LogP contribution in [0.15, 0.2) is 40.7 Å². The van der Waals surface area contributed by atoms with Crippen molar-refractivity contribution >= 4 is 23.5 Å². The Morgan fingerprint density at radius 1 is 1.30 bits per heavy atom. The summed E-state index contributed by atoms with van der Waals surface area (Å²) in [6, 6.07) is 8.03. The summed E-state index contributed by atoms with van der Waals surface area (Å²) in [6.45, 7) is 2.08. The number of carbonyl (C=O) groups is 1. The molecule has 118 valence electrons. The van der Waals surface area contributed by atoms with Gasteiger partial charge in [0, 0.05) is 17.7 Å². The third-order valence-electron chi connectivity index (χ3n) is 4.51. The molecule has 5 nitrogen and oxygen atoms in total. The fourth-order valence-corrected chi connectivity index (χ4v) is 3.75. The van der Waals surface area contributed by atoms with E-state index in [1.54, 1.807) is 0 Å². The van der Waals surface area contributed by atoms with Crippen molar-refractivity contribution in [1.82, 2.24) is 14.8 Å². The highest BCUT2D eigenvalue weighted by atomic mass is 32.2. The van der Waals surface area contributed by atoms with Crippen molar-refractivity contribution in [3.63, 3.8) is 0 Å². The Hall–Kier alpha value is -2.08. The van der Waals surface area contributed by atoms with E-state index in [1.807, 2.05) is 23.1 Å². The van der Waals surface area contributed by atoms with Gasteiger partial charge in [-0.15, -0.1) is 5.10 Å². The van der Waals surface area contributed by atoms with E-state index in [-0.39, 0.29) is 11.8 Å². The zero-order valence-electron chi connectivity index (χ0n) is 13.2. The van der Waals surface area contributed by atoms with Crippen LogP contribution in [0.3, 0.4) is 0 Å². The molecule has 0 unspecified atom stereocenters. The lowest BCUT2D eigenvalue weighted by Crippen LogP contribution is -2.31. The summed E-state index contributed by atoms with van der Waals surface area (Å²) >= 11 is 1.51. The Labute approximate surface area is 139 Å². The molecule has 1 N–H and O–H groups in total. The monoisotopic (exact) mass is 326 g/mol. The molecule has 23 heavy (non-hydrogen) atoms. The number of nitrogens with zero attached hydrogens (tertiary/aromatic N) is 3. The molecular weight excluding hydrogens is 308 g/mol. The first kappa shape index (κ1) is 14.5. The maximum atomic E-state index is 12.6. The van der Waals surface area contributed by atoms with Crippen LogP contribution in [0.4, 0.5) is 5.95 Å². The van der Waals surface area contributed by atoms with Crippen LogP contribution < -0.4 is 5.32 Å². The standard InChI is InChI=1S/C17H18N4OS/c1-10-6-3-4-7-11(10)15-14-12(8-5-9-13(14)22)18-16-19-17(23-2)20-21(15)16/h3-4,6-7,15H,5,8-9H2,1-2H3,(H,18,19,20)/t15-/m0/s1. The number of fused-ring (bicyclic) bond motifs is 1. The van der Waals surface area contributed by atoms with Gasteiger partial charge in [0.1, 0.15) is 6.04 Å². The average molecular weight is 326 g/mol. The second-order valence-corrected chi connectivity index (χ2v) is 6.69. The number of hydrogen-bond acceptors (Lipinski definition) is 5. The second-order valence-electron chi connectivity index (χ2n) is 5.92. The van der Waals surface area contributed by atoms with Gasteiger partial charge in [-0.2, -0.15) is 4.98 Å². The molecule has 0 saturated carbocycles. The van der Waals surface area contributed by atoms with Gasteiger partial charge < -0.3 is 5.32 Å². The van der Waals surface area contributed by atoms with E-state index in [0.29, 0.717) is 6.42 Å². The molecule has 2 heterocycles. The normalized spacial score (nSPS) is 20.1. The smallest absolute Gasteiger partial charge is 0.227 e. The molecule has 0 radical (unpaired) electrons. The van der Waals surface area contributed by atoms with Gasteiger partial charge in [-0.25, -0.2) is 4.68 Å². The number of aryl methyl sites for hydroxylation is 1. The molecule has 0 saturated heterocycles. The minimum Gasteiger partial charge on any atom is -0.328 e. The zero-order chi connectivity index (χ0) is 16.0. The van der Waals surface area contributed by atoms with Gasteiger partial charge in [-0.05, 0) is 37.1 Å². The highest BCUT2D eigenvalue weighted by molar-refractivity contribution is 7.98. The Morgan fingerprint density at radius 2 is 2.13 bits per heavy atom. The lowest BCUT2D eigenvalue weighted by atomic mass is 9.84. The van der Waals surface area contributed by atoms with Gasteiger partial charge >= 0.3 is 0 Å². The van der Waals surface area contributed by atoms with E-state index in [9.17, 15) is 4.79 Å². The number of benzene rings is 1. The maximum Gasteiger partial charge on any atom is 0.227 e.